The molecule has 3 nitrogen and oxygen atoms in total. The lowest BCUT2D eigenvalue weighted by Crippen LogP contribution is -2.20. The summed E-state index contributed by atoms with van der Waals surface area (Å²) in [6.07, 6.45) is 2.03. The van der Waals surface area contributed by atoms with Crippen molar-refractivity contribution >= 4 is 27.1 Å². The lowest BCUT2D eigenvalue weighted by Gasteiger charge is -2.20. The summed E-state index contributed by atoms with van der Waals surface area (Å²) in [4.78, 5) is 2.39. The van der Waals surface area contributed by atoms with Gasteiger partial charge in [-0.05, 0) is 42.3 Å². The van der Waals surface area contributed by atoms with E-state index in [0.29, 0.717) is 5.92 Å². The van der Waals surface area contributed by atoms with Crippen LogP contribution in [0.5, 0.6) is 0 Å². The Morgan fingerprint density at radius 3 is 3.11 bits per heavy atom. The maximum atomic E-state index is 9.14. The average Bonchev–Trinajstić information content (AvgIpc) is 3.06. The van der Waals surface area contributed by atoms with E-state index in [-0.39, 0.29) is 6.61 Å². The predicted molar refractivity (Wildman–Crippen MR) is 78.6 cm³/mol. The summed E-state index contributed by atoms with van der Waals surface area (Å²) in [6.45, 7) is 2.33. The smallest absolute Gasteiger partial charge is 0.101 e. The Hall–Kier alpha value is -1.57. The Morgan fingerprint density at radius 2 is 2.32 bits per heavy atom. The summed E-state index contributed by atoms with van der Waals surface area (Å²) < 4.78 is 1.09. The van der Waals surface area contributed by atoms with E-state index in [2.05, 4.69) is 28.5 Å². The number of rotatable bonds is 3. The van der Waals surface area contributed by atoms with E-state index in [1.165, 1.54) is 11.1 Å². The van der Waals surface area contributed by atoms with Crippen LogP contribution in [0, 0.1) is 17.2 Å². The van der Waals surface area contributed by atoms with E-state index in [1.54, 1.807) is 11.3 Å². The van der Waals surface area contributed by atoms with Gasteiger partial charge in [0.25, 0.3) is 0 Å². The second-order valence-electron chi connectivity index (χ2n) is 5.02. The normalized spacial score (nSPS) is 18.9. The summed E-state index contributed by atoms with van der Waals surface area (Å²) in [5.41, 5.74) is 2.00. The number of nitrogens with zero attached hydrogens (tertiary/aromatic N) is 2. The van der Waals surface area contributed by atoms with Crippen LogP contribution in [0.15, 0.2) is 23.6 Å². The highest BCUT2D eigenvalue weighted by Gasteiger charge is 2.23. The van der Waals surface area contributed by atoms with Gasteiger partial charge in [-0.2, -0.15) is 5.26 Å². The van der Waals surface area contributed by atoms with Crippen molar-refractivity contribution in [3.63, 3.8) is 0 Å². The highest BCUT2D eigenvalue weighted by Crippen LogP contribution is 2.35. The molecule has 0 spiro atoms. The number of fused-ring (bicyclic) bond motifs is 1. The third-order valence-electron chi connectivity index (χ3n) is 3.88. The van der Waals surface area contributed by atoms with Gasteiger partial charge in [-0.1, -0.05) is 0 Å². The molecular weight excluding hydrogens is 256 g/mol. The SMILES string of the molecule is N#Cc1ccc(N2CCC(CCO)C2)c2ccsc12. The van der Waals surface area contributed by atoms with Gasteiger partial charge in [0, 0.05) is 30.8 Å². The van der Waals surface area contributed by atoms with Crippen LogP contribution in [0.25, 0.3) is 10.1 Å². The number of benzene rings is 1. The van der Waals surface area contributed by atoms with E-state index in [4.69, 9.17) is 10.4 Å². The molecule has 0 radical (unpaired) electrons. The lowest BCUT2D eigenvalue weighted by molar-refractivity contribution is 0.263. The Bertz CT molecular complexity index is 629. The van der Waals surface area contributed by atoms with Crippen molar-refractivity contribution in [1.82, 2.24) is 0 Å². The van der Waals surface area contributed by atoms with Crippen molar-refractivity contribution in [1.29, 1.82) is 5.26 Å². The summed E-state index contributed by atoms with van der Waals surface area (Å²) >= 11 is 1.63. The summed E-state index contributed by atoms with van der Waals surface area (Å²) in [5.74, 6) is 0.592. The summed E-state index contributed by atoms with van der Waals surface area (Å²) in [7, 11) is 0. The van der Waals surface area contributed by atoms with Crippen LogP contribution in [-0.2, 0) is 0 Å². The first-order valence-electron chi connectivity index (χ1n) is 6.59. The number of aliphatic hydroxyl groups excluding tert-OH is 1. The molecule has 1 N–H and O–H groups in total. The van der Waals surface area contributed by atoms with Crippen molar-refractivity contribution in [2.24, 2.45) is 5.92 Å². The van der Waals surface area contributed by atoms with Crippen molar-refractivity contribution in [2.45, 2.75) is 12.8 Å². The van der Waals surface area contributed by atoms with Crippen LogP contribution in [0.4, 0.5) is 5.69 Å². The number of hydrogen-bond donors (Lipinski definition) is 1. The molecule has 1 unspecified atom stereocenters. The maximum Gasteiger partial charge on any atom is 0.101 e. The minimum absolute atomic E-state index is 0.278. The molecule has 1 aliphatic rings. The molecule has 1 atom stereocenters. The highest BCUT2D eigenvalue weighted by atomic mass is 32.1. The van der Waals surface area contributed by atoms with Gasteiger partial charge in [-0.15, -0.1) is 11.3 Å². The Morgan fingerprint density at radius 1 is 1.42 bits per heavy atom. The van der Waals surface area contributed by atoms with Gasteiger partial charge >= 0.3 is 0 Å². The summed E-state index contributed by atoms with van der Waals surface area (Å²) in [5, 5.41) is 21.4. The molecule has 1 aliphatic heterocycles. The third kappa shape index (κ3) is 2.20. The van der Waals surface area contributed by atoms with Gasteiger partial charge in [0.2, 0.25) is 0 Å². The second-order valence-corrected chi connectivity index (χ2v) is 5.94. The molecule has 1 fully saturated rings. The largest absolute Gasteiger partial charge is 0.396 e. The van der Waals surface area contributed by atoms with Crippen molar-refractivity contribution in [3.8, 4) is 6.07 Å². The first-order chi connectivity index (χ1) is 9.33. The van der Waals surface area contributed by atoms with Gasteiger partial charge in [-0.3, -0.25) is 0 Å². The monoisotopic (exact) mass is 272 g/mol. The molecule has 0 saturated carbocycles. The predicted octanol–water partition coefficient (Wildman–Crippen LogP) is 2.98. The van der Waals surface area contributed by atoms with E-state index in [9.17, 15) is 0 Å². The van der Waals surface area contributed by atoms with Crippen LogP contribution >= 0.6 is 11.3 Å². The Kier molecular flexibility index (Phi) is 3.41. The van der Waals surface area contributed by atoms with Crippen LogP contribution in [0.3, 0.4) is 0 Å². The number of hydrogen-bond acceptors (Lipinski definition) is 4. The lowest BCUT2D eigenvalue weighted by atomic mass is 10.1. The number of aliphatic hydroxyl groups is 1. The molecule has 1 saturated heterocycles. The first kappa shape index (κ1) is 12.5. The molecule has 0 aliphatic carbocycles. The van der Waals surface area contributed by atoms with Gasteiger partial charge in [0.05, 0.1) is 10.3 Å². The van der Waals surface area contributed by atoms with Crippen LogP contribution in [-0.4, -0.2) is 24.8 Å². The van der Waals surface area contributed by atoms with Crippen molar-refractivity contribution in [2.75, 3.05) is 24.6 Å². The van der Waals surface area contributed by atoms with E-state index in [0.717, 1.165) is 36.2 Å². The molecule has 0 amide bonds. The van der Waals surface area contributed by atoms with E-state index in [1.807, 2.05) is 6.07 Å². The second kappa shape index (κ2) is 5.20. The van der Waals surface area contributed by atoms with Crippen molar-refractivity contribution < 1.29 is 5.11 Å². The van der Waals surface area contributed by atoms with Gasteiger partial charge in [0.15, 0.2) is 0 Å². The third-order valence-corrected chi connectivity index (χ3v) is 4.83. The quantitative estimate of drug-likeness (QED) is 0.934. The zero-order chi connectivity index (χ0) is 13.2. The van der Waals surface area contributed by atoms with Crippen molar-refractivity contribution in [3.05, 3.63) is 29.1 Å². The fourth-order valence-corrected chi connectivity index (χ4v) is 3.76. The van der Waals surface area contributed by atoms with Gasteiger partial charge < -0.3 is 10.0 Å². The number of thiophene rings is 1. The fraction of sp³-hybridized carbons (Fsp3) is 0.400. The number of anilines is 1. The molecule has 98 valence electrons. The maximum absolute atomic E-state index is 9.14. The van der Waals surface area contributed by atoms with Gasteiger partial charge in [-0.25, -0.2) is 0 Å². The molecule has 0 bridgehead atoms. The molecule has 1 aromatic carbocycles. The molecule has 1 aromatic heterocycles. The summed E-state index contributed by atoms with van der Waals surface area (Å²) in [6, 6.07) is 8.36. The van der Waals surface area contributed by atoms with Gasteiger partial charge in [0.1, 0.15) is 6.07 Å². The van der Waals surface area contributed by atoms with Crippen LogP contribution in [0.2, 0.25) is 0 Å². The van der Waals surface area contributed by atoms with E-state index >= 15 is 0 Å². The Balaban J connectivity index is 1.94. The molecule has 3 rings (SSSR count). The molecule has 2 heterocycles. The van der Waals surface area contributed by atoms with E-state index < -0.39 is 0 Å². The zero-order valence-electron chi connectivity index (χ0n) is 10.7. The zero-order valence-corrected chi connectivity index (χ0v) is 11.5. The van der Waals surface area contributed by atoms with Crippen LogP contribution < -0.4 is 4.90 Å². The molecule has 2 aromatic rings. The molecular formula is C15H16N2OS. The minimum Gasteiger partial charge on any atom is -0.396 e. The molecule has 4 heteroatoms. The average molecular weight is 272 g/mol. The number of nitriles is 1. The highest BCUT2D eigenvalue weighted by molar-refractivity contribution is 7.17. The fourth-order valence-electron chi connectivity index (χ4n) is 2.88. The standard InChI is InChI=1S/C15H16N2OS/c16-9-12-1-2-14(13-5-8-19-15(12)13)17-6-3-11(10-17)4-7-18/h1-2,5,8,11,18H,3-4,6-7,10H2. The minimum atomic E-state index is 0.278. The topological polar surface area (TPSA) is 47.3 Å². The Labute approximate surface area is 116 Å². The van der Waals surface area contributed by atoms with Crippen LogP contribution in [0.1, 0.15) is 18.4 Å². The first-order valence-corrected chi connectivity index (χ1v) is 7.47. The molecule has 19 heavy (non-hydrogen) atoms.